The van der Waals surface area contributed by atoms with E-state index in [1.54, 1.807) is 0 Å². The van der Waals surface area contributed by atoms with Gasteiger partial charge in [-0.25, -0.2) is 0 Å². The quantitative estimate of drug-likeness (QED) is 0.726. The predicted molar refractivity (Wildman–Crippen MR) is 61.0 cm³/mol. The maximum atomic E-state index is 10.3. The number of aliphatic carboxylic acids is 1. The van der Waals surface area contributed by atoms with Crippen LogP contribution in [0.5, 0.6) is 0 Å². The highest BCUT2D eigenvalue weighted by atomic mass is 16.4. The van der Waals surface area contributed by atoms with E-state index in [-0.39, 0.29) is 0 Å². The number of unbranched alkanes of at least 4 members (excludes halogenated alkanes) is 2. The molecule has 1 aromatic carbocycles. The van der Waals surface area contributed by atoms with Crippen molar-refractivity contribution in [1.82, 2.24) is 0 Å². The number of carboxylic acids is 1. The van der Waals surface area contributed by atoms with Crippen LogP contribution in [0.3, 0.4) is 0 Å². The fourth-order valence-corrected chi connectivity index (χ4v) is 1.66. The molecule has 82 valence electrons. The van der Waals surface area contributed by atoms with Crippen LogP contribution in [0.25, 0.3) is 0 Å². The highest BCUT2D eigenvalue weighted by Gasteiger charge is 1.99. The van der Waals surface area contributed by atoms with E-state index in [1.165, 1.54) is 11.1 Å². The molecule has 0 amide bonds. The van der Waals surface area contributed by atoms with E-state index in [4.69, 9.17) is 5.11 Å². The Hall–Kier alpha value is -1.31. The third kappa shape index (κ3) is 4.63. The zero-order valence-corrected chi connectivity index (χ0v) is 9.20. The Morgan fingerprint density at radius 1 is 1.20 bits per heavy atom. The number of hydrogen-bond acceptors (Lipinski definition) is 1. The van der Waals surface area contributed by atoms with Crippen LogP contribution in [-0.4, -0.2) is 11.1 Å². The summed E-state index contributed by atoms with van der Waals surface area (Å²) in [6, 6.07) is 8.36. The Labute approximate surface area is 90.9 Å². The molecule has 2 nitrogen and oxygen atoms in total. The number of aryl methyl sites for hydroxylation is 2. The number of carbonyl (C=O) groups is 1. The van der Waals surface area contributed by atoms with Gasteiger partial charge in [0.25, 0.3) is 0 Å². The van der Waals surface area contributed by atoms with E-state index in [0.717, 1.165) is 25.7 Å². The van der Waals surface area contributed by atoms with Crippen molar-refractivity contribution >= 4 is 5.97 Å². The van der Waals surface area contributed by atoms with Crippen molar-refractivity contribution < 1.29 is 9.90 Å². The first-order chi connectivity index (χ1) is 7.20. The van der Waals surface area contributed by atoms with Crippen molar-refractivity contribution in [3.05, 3.63) is 35.4 Å². The minimum atomic E-state index is -0.689. The van der Waals surface area contributed by atoms with Gasteiger partial charge in [0.15, 0.2) is 0 Å². The Morgan fingerprint density at radius 3 is 2.60 bits per heavy atom. The molecule has 1 N–H and O–H groups in total. The molecule has 0 atom stereocenters. The van der Waals surface area contributed by atoms with Crippen LogP contribution >= 0.6 is 0 Å². The summed E-state index contributed by atoms with van der Waals surface area (Å²) < 4.78 is 0. The number of carboxylic acid groups (broad SMARTS) is 1. The smallest absolute Gasteiger partial charge is 0.303 e. The first-order valence-corrected chi connectivity index (χ1v) is 5.46. The van der Waals surface area contributed by atoms with Crippen molar-refractivity contribution in [2.45, 2.75) is 39.0 Å². The summed E-state index contributed by atoms with van der Waals surface area (Å²) in [7, 11) is 0. The molecule has 0 heterocycles. The topological polar surface area (TPSA) is 37.3 Å². The van der Waals surface area contributed by atoms with E-state index < -0.39 is 5.97 Å². The minimum Gasteiger partial charge on any atom is -0.481 e. The monoisotopic (exact) mass is 206 g/mol. The highest BCUT2D eigenvalue weighted by molar-refractivity contribution is 5.66. The lowest BCUT2D eigenvalue weighted by molar-refractivity contribution is -0.137. The second-order valence-corrected chi connectivity index (χ2v) is 3.88. The molecule has 0 radical (unpaired) electrons. The summed E-state index contributed by atoms with van der Waals surface area (Å²) in [6.07, 6.45) is 4.24. The Bertz CT molecular complexity index is 318. The van der Waals surface area contributed by atoms with E-state index in [2.05, 4.69) is 25.1 Å². The van der Waals surface area contributed by atoms with Crippen molar-refractivity contribution in [3.63, 3.8) is 0 Å². The lowest BCUT2D eigenvalue weighted by atomic mass is 10.0. The summed E-state index contributed by atoms with van der Waals surface area (Å²) in [6.45, 7) is 2.12. The summed E-state index contributed by atoms with van der Waals surface area (Å²) in [5.41, 5.74) is 2.71. The number of rotatable bonds is 6. The van der Waals surface area contributed by atoms with Gasteiger partial charge < -0.3 is 5.11 Å². The van der Waals surface area contributed by atoms with Gasteiger partial charge in [-0.3, -0.25) is 4.79 Å². The van der Waals surface area contributed by atoms with Gasteiger partial charge in [0.1, 0.15) is 0 Å². The Balaban J connectivity index is 2.21. The molecular formula is C13H18O2. The van der Waals surface area contributed by atoms with Gasteiger partial charge in [0.05, 0.1) is 0 Å². The van der Waals surface area contributed by atoms with Crippen LogP contribution in [0.4, 0.5) is 0 Å². The van der Waals surface area contributed by atoms with Gasteiger partial charge in [0, 0.05) is 6.42 Å². The molecule has 1 aromatic rings. The second kappa shape index (κ2) is 6.23. The van der Waals surface area contributed by atoms with Gasteiger partial charge in [-0.15, -0.1) is 0 Å². The molecule has 0 bridgehead atoms. The van der Waals surface area contributed by atoms with Crippen LogP contribution in [0.2, 0.25) is 0 Å². The Kier molecular flexibility index (Phi) is 4.88. The molecule has 0 saturated carbocycles. The first-order valence-electron chi connectivity index (χ1n) is 5.46. The average Bonchev–Trinajstić information content (AvgIpc) is 2.20. The third-order valence-electron chi connectivity index (χ3n) is 2.60. The zero-order chi connectivity index (χ0) is 11.1. The van der Waals surface area contributed by atoms with Crippen molar-refractivity contribution in [3.8, 4) is 0 Å². The normalized spacial score (nSPS) is 10.2. The van der Waals surface area contributed by atoms with Crippen LogP contribution in [0.1, 0.15) is 36.8 Å². The molecule has 1 rings (SSSR count). The van der Waals surface area contributed by atoms with Crippen LogP contribution < -0.4 is 0 Å². The van der Waals surface area contributed by atoms with Crippen LogP contribution in [0, 0.1) is 6.92 Å². The molecule has 0 aliphatic heterocycles. The highest BCUT2D eigenvalue weighted by Crippen LogP contribution is 2.11. The van der Waals surface area contributed by atoms with Crippen molar-refractivity contribution in [2.24, 2.45) is 0 Å². The van der Waals surface area contributed by atoms with Gasteiger partial charge in [-0.1, -0.05) is 30.7 Å². The SMILES string of the molecule is Cc1ccccc1CCCCCC(=O)O. The van der Waals surface area contributed by atoms with E-state index in [1.807, 2.05) is 6.07 Å². The standard InChI is InChI=1S/C13H18O2/c1-11-7-5-6-9-12(11)8-3-2-4-10-13(14)15/h5-7,9H,2-4,8,10H2,1H3,(H,14,15). The van der Waals surface area contributed by atoms with E-state index in [9.17, 15) is 4.79 Å². The van der Waals surface area contributed by atoms with E-state index in [0.29, 0.717) is 6.42 Å². The summed E-state index contributed by atoms with van der Waals surface area (Å²) >= 11 is 0. The van der Waals surface area contributed by atoms with Gasteiger partial charge in [-0.05, 0) is 37.3 Å². The average molecular weight is 206 g/mol. The zero-order valence-electron chi connectivity index (χ0n) is 9.20. The summed E-state index contributed by atoms with van der Waals surface area (Å²) in [4.78, 5) is 10.3. The van der Waals surface area contributed by atoms with Gasteiger partial charge in [0.2, 0.25) is 0 Å². The van der Waals surface area contributed by atoms with Crippen LogP contribution in [-0.2, 0) is 11.2 Å². The molecule has 0 fully saturated rings. The largest absolute Gasteiger partial charge is 0.481 e. The first kappa shape index (κ1) is 11.8. The van der Waals surface area contributed by atoms with Crippen LogP contribution in [0.15, 0.2) is 24.3 Å². The summed E-state index contributed by atoms with van der Waals surface area (Å²) in [5, 5.41) is 8.47. The van der Waals surface area contributed by atoms with E-state index >= 15 is 0 Å². The molecule has 15 heavy (non-hydrogen) atoms. The van der Waals surface area contributed by atoms with Crippen molar-refractivity contribution in [1.29, 1.82) is 0 Å². The molecule has 0 spiro atoms. The fraction of sp³-hybridized carbons (Fsp3) is 0.462. The maximum Gasteiger partial charge on any atom is 0.303 e. The lowest BCUT2D eigenvalue weighted by Crippen LogP contribution is -1.94. The number of hydrogen-bond donors (Lipinski definition) is 1. The second-order valence-electron chi connectivity index (χ2n) is 3.88. The number of benzene rings is 1. The molecule has 0 unspecified atom stereocenters. The molecule has 0 aliphatic rings. The predicted octanol–water partition coefficient (Wildman–Crippen LogP) is 3.18. The van der Waals surface area contributed by atoms with Gasteiger partial charge >= 0.3 is 5.97 Å². The fourth-order valence-electron chi connectivity index (χ4n) is 1.66. The molecular weight excluding hydrogens is 188 g/mol. The summed E-state index contributed by atoms with van der Waals surface area (Å²) in [5.74, 6) is -0.689. The Morgan fingerprint density at radius 2 is 1.93 bits per heavy atom. The molecule has 2 heteroatoms. The lowest BCUT2D eigenvalue weighted by Gasteiger charge is -2.04. The molecule has 0 saturated heterocycles. The third-order valence-corrected chi connectivity index (χ3v) is 2.60. The molecule has 0 aliphatic carbocycles. The molecule has 0 aromatic heterocycles. The maximum absolute atomic E-state index is 10.3. The van der Waals surface area contributed by atoms with Gasteiger partial charge in [-0.2, -0.15) is 0 Å². The van der Waals surface area contributed by atoms with Crippen molar-refractivity contribution in [2.75, 3.05) is 0 Å². The minimum absolute atomic E-state index is 0.299.